The molecule has 1 atom stereocenters. The van der Waals surface area contributed by atoms with E-state index in [0.29, 0.717) is 0 Å². The minimum Gasteiger partial charge on any atom is -0.211 e. The van der Waals surface area contributed by atoms with Crippen LogP contribution in [0.2, 0.25) is 0 Å². The highest BCUT2D eigenvalue weighted by Gasteiger charge is 1.98. The maximum Gasteiger partial charge on any atom is 0.235 e. The first kappa shape index (κ1) is 19.4. The first-order chi connectivity index (χ1) is 9.81. The second-order valence-electron chi connectivity index (χ2n) is 6.10. The van der Waals surface area contributed by atoms with Gasteiger partial charge in [-0.25, -0.2) is 9.79 Å². The Balaban J connectivity index is 3.04. The van der Waals surface area contributed by atoms with Gasteiger partial charge in [-0.15, -0.1) is 0 Å². The zero-order valence-electron chi connectivity index (χ0n) is 13.8. The van der Waals surface area contributed by atoms with Gasteiger partial charge in [-0.3, -0.25) is 0 Å². The Morgan fingerprint density at radius 1 is 0.750 bits per heavy atom. The Bertz CT molecular complexity index is 234. The third-order valence-corrected chi connectivity index (χ3v) is 4.00. The van der Waals surface area contributed by atoms with Crippen LogP contribution in [-0.2, 0) is 4.79 Å². The van der Waals surface area contributed by atoms with E-state index >= 15 is 0 Å². The summed E-state index contributed by atoms with van der Waals surface area (Å²) in [5.41, 5.74) is 0. The summed E-state index contributed by atoms with van der Waals surface area (Å²) in [4.78, 5) is 13.8. The molecule has 0 heterocycles. The minimum atomic E-state index is 0.167. The molecule has 2 nitrogen and oxygen atoms in total. The van der Waals surface area contributed by atoms with Crippen molar-refractivity contribution in [1.29, 1.82) is 0 Å². The van der Waals surface area contributed by atoms with Gasteiger partial charge >= 0.3 is 0 Å². The zero-order chi connectivity index (χ0) is 14.9. The molecular weight excluding hydrogens is 246 g/mol. The van der Waals surface area contributed by atoms with E-state index in [9.17, 15) is 4.79 Å². The molecule has 0 aromatic heterocycles. The smallest absolute Gasteiger partial charge is 0.211 e. The van der Waals surface area contributed by atoms with Crippen LogP contribution in [0.15, 0.2) is 4.99 Å². The van der Waals surface area contributed by atoms with E-state index in [1.165, 1.54) is 83.5 Å². The van der Waals surface area contributed by atoms with Gasteiger partial charge in [0, 0.05) is 0 Å². The van der Waals surface area contributed by atoms with E-state index in [0.717, 1.165) is 6.42 Å². The molecule has 0 aliphatic rings. The average molecular weight is 281 g/mol. The standard InChI is InChI=1S/C18H35NO/c1-3-4-5-6-7-8-9-10-11-12-13-14-15-16-18(2)19-17-20/h18H,3-16H2,1-2H3. The summed E-state index contributed by atoms with van der Waals surface area (Å²) in [5.74, 6) is 0. The maximum absolute atomic E-state index is 10.1. The van der Waals surface area contributed by atoms with Crippen molar-refractivity contribution in [2.24, 2.45) is 4.99 Å². The number of isocyanates is 1. The van der Waals surface area contributed by atoms with Gasteiger partial charge in [-0.05, 0) is 13.3 Å². The first-order valence-corrected chi connectivity index (χ1v) is 8.88. The maximum atomic E-state index is 10.1. The highest BCUT2D eigenvalue weighted by Crippen LogP contribution is 2.13. The van der Waals surface area contributed by atoms with Crippen molar-refractivity contribution in [2.45, 2.75) is 110 Å². The number of hydrogen-bond acceptors (Lipinski definition) is 2. The molecule has 0 aromatic rings. The normalized spacial score (nSPS) is 12.1. The molecular formula is C18H35NO. The second-order valence-corrected chi connectivity index (χ2v) is 6.10. The third kappa shape index (κ3) is 15.4. The predicted octanol–water partition coefficient (Wildman–Crippen LogP) is 6.19. The lowest BCUT2D eigenvalue weighted by molar-refractivity contribution is 0.521. The topological polar surface area (TPSA) is 29.4 Å². The van der Waals surface area contributed by atoms with Gasteiger partial charge in [0.25, 0.3) is 0 Å². The summed E-state index contributed by atoms with van der Waals surface area (Å²) in [6.45, 7) is 4.27. The number of hydrogen-bond donors (Lipinski definition) is 0. The van der Waals surface area contributed by atoms with Crippen LogP contribution in [0.1, 0.15) is 104 Å². The van der Waals surface area contributed by atoms with E-state index < -0.39 is 0 Å². The number of rotatable bonds is 15. The van der Waals surface area contributed by atoms with Crippen molar-refractivity contribution in [2.75, 3.05) is 0 Å². The van der Waals surface area contributed by atoms with Gasteiger partial charge in [-0.2, -0.15) is 0 Å². The Labute approximate surface area is 126 Å². The largest absolute Gasteiger partial charge is 0.235 e. The molecule has 0 rings (SSSR count). The Morgan fingerprint density at radius 3 is 1.55 bits per heavy atom. The SMILES string of the molecule is CCCCCCCCCCCCCCCC(C)N=C=O. The number of nitrogens with zero attached hydrogens (tertiary/aromatic N) is 1. The van der Waals surface area contributed by atoms with E-state index in [-0.39, 0.29) is 6.04 Å². The van der Waals surface area contributed by atoms with Crippen LogP contribution in [0, 0.1) is 0 Å². The summed E-state index contributed by atoms with van der Waals surface area (Å²) >= 11 is 0. The lowest BCUT2D eigenvalue weighted by Gasteiger charge is -2.04. The minimum absolute atomic E-state index is 0.167. The summed E-state index contributed by atoms with van der Waals surface area (Å²) in [7, 11) is 0. The van der Waals surface area contributed by atoms with Crippen LogP contribution in [-0.4, -0.2) is 12.1 Å². The number of aliphatic imine (C=N–C) groups is 1. The fraction of sp³-hybridized carbons (Fsp3) is 0.944. The number of carbonyl (C=O) groups excluding carboxylic acids is 1. The lowest BCUT2D eigenvalue weighted by atomic mass is 10.0. The summed E-state index contributed by atoms with van der Waals surface area (Å²) in [6.07, 6.45) is 20.6. The molecule has 0 amide bonds. The van der Waals surface area contributed by atoms with Crippen LogP contribution >= 0.6 is 0 Å². The monoisotopic (exact) mass is 281 g/mol. The van der Waals surface area contributed by atoms with Crippen LogP contribution < -0.4 is 0 Å². The molecule has 0 aliphatic carbocycles. The Morgan fingerprint density at radius 2 is 1.15 bits per heavy atom. The van der Waals surface area contributed by atoms with Crippen LogP contribution in [0.4, 0.5) is 0 Å². The van der Waals surface area contributed by atoms with Crippen molar-refractivity contribution in [3.05, 3.63) is 0 Å². The molecule has 0 fully saturated rings. The molecule has 118 valence electrons. The average Bonchev–Trinajstić information content (AvgIpc) is 2.44. The molecule has 0 N–H and O–H groups in total. The molecule has 0 saturated heterocycles. The molecule has 0 aromatic carbocycles. The Hall–Kier alpha value is -0.620. The van der Waals surface area contributed by atoms with Crippen molar-refractivity contribution >= 4 is 6.08 Å². The molecule has 0 saturated carbocycles. The van der Waals surface area contributed by atoms with E-state index in [1.807, 2.05) is 6.92 Å². The molecule has 0 radical (unpaired) electrons. The quantitative estimate of drug-likeness (QED) is 0.200. The molecule has 0 bridgehead atoms. The van der Waals surface area contributed by atoms with E-state index in [1.54, 1.807) is 6.08 Å². The molecule has 0 spiro atoms. The molecule has 20 heavy (non-hydrogen) atoms. The van der Waals surface area contributed by atoms with Crippen LogP contribution in [0.3, 0.4) is 0 Å². The molecule has 2 heteroatoms. The summed E-state index contributed by atoms with van der Waals surface area (Å²) in [5, 5.41) is 0. The highest BCUT2D eigenvalue weighted by atomic mass is 16.1. The zero-order valence-corrected chi connectivity index (χ0v) is 13.8. The highest BCUT2D eigenvalue weighted by molar-refractivity contribution is 5.33. The van der Waals surface area contributed by atoms with Gasteiger partial charge in [-0.1, -0.05) is 90.4 Å². The van der Waals surface area contributed by atoms with Crippen molar-refractivity contribution < 1.29 is 4.79 Å². The molecule has 0 aliphatic heterocycles. The fourth-order valence-electron chi connectivity index (χ4n) is 2.61. The van der Waals surface area contributed by atoms with Gasteiger partial charge in [0.2, 0.25) is 6.08 Å². The van der Waals surface area contributed by atoms with Crippen molar-refractivity contribution in [3.63, 3.8) is 0 Å². The van der Waals surface area contributed by atoms with Gasteiger partial charge < -0.3 is 0 Å². The molecule has 1 unspecified atom stereocenters. The summed E-state index contributed by atoms with van der Waals surface area (Å²) < 4.78 is 0. The van der Waals surface area contributed by atoms with Gasteiger partial charge in [0.15, 0.2) is 0 Å². The van der Waals surface area contributed by atoms with Crippen LogP contribution in [0.25, 0.3) is 0 Å². The lowest BCUT2D eigenvalue weighted by Crippen LogP contribution is -1.96. The summed E-state index contributed by atoms with van der Waals surface area (Å²) in [6, 6.07) is 0.167. The van der Waals surface area contributed by atoms with E-state index in [2.05, 4.69) is 11.9 Å². The van der Waals surface area contributed by atoms with Gasteiger partial charge in [0.1, 0.15) is 0 Å². The van der Waals surface area contributed by atoms with Crippen LogP contribution in [0.5, 0.6) is 0 Å². The fourth-order valence-corrected chi connectivity index (χ4v) is 2.61. The predicted molar refractivity (Wildman–Crippen MR) is 87.9 cm³/mol. The Kier molecular flexibility index (Phi) is 15.9. The van der Waals surface area contributed by atoms with Gasteiger partial charge in [0.05, 0.1) is 6.04 Å². The number of unbranched alkanes of at least 4 members (excludes halogenated alkanes) is 12. The third-order valence-electron chi connectivity index (χ3n) is 4.00. The van der Waals surface area contributed by atoms with E-state index in [4.69, 9.17) is 0 Å². The first-order valence-electron chi connectivity index (χ1n) is 8.88. The van der Waals surface area contributed by atoms with Crippen molar-refractivity contribution in [3.8, 4) is 0 Å². The van der Waals surface area contributed by atoms with Crippen molar-refractivity contribution in [1.82, 2.24) is 0 Å². The second kappa shape index (κ2) is 16.4.